The van der Waals surface area contributed by atoms with Crippen LogP contribution in [0.3, 0.4) is 0 Å². The van der Waals surface area contributed by atoms with Gasteiger partial charge < -0.3 is 14.2 Å². The maximum atomic E-state index is 12.9. The molecule has 0 aromatic heterocycles. The SMILES string of the molecule is CC/C=C\C/C=C\C/C=C\C/C=C\C/C=C\C/C=C\C/C=C\CCCCCCCCCCCCCCCC(=O)OCC(COC(=O)CCCCCCCCCCCCCCC)OC(=O)CCCCCCC/C=C\C/C=C\CCCCCC. The normalized spacial score (nSPS) is 12.8. The lowest BCUT2D eigenvalue weighted by molar-refractivity contribution is -0.167. The summed E-state index contributed by atoms with van der Waals surface area (Å²) in [4.78, 5) is 38.3. The Hall–Kier alpha value is -3.93. The molecule has 0 saturated carbocycles. The van der Waals surface area contributed by atoms with E-state index < -0.39 is 6.10 Å². The minimum absolute atomic E-state index is 0.0797. The Morgan fingerprint density at radius 3 is 0.756 bits per heavy atom. The summed E-state index contributed by atoms with van der Waals surface area (Å²) in [7, 11) is 0. The second-order valence-electron chi connectivity index (χ2n) is 23.1. The molecule has 0 amide bonds. The smallest absolute Gasteiger partial charge is 0.306 e. The van der Waals surface area contributed by atoms with Gasteiger partial charge in [0, 0.05) is 19.3 Å². The minimum atomic E-state index is -0.785. The summed E-state index contributed by atoms with van der Waals surface area (Å²) < 4.78 is 16.9. The van der Waals surface area contributed by atoms with E-state index in [4.69, 9.17) is 14.2 Å². The average molecular weight is 1140 g/mol. The lowest BCUT2D eigenvalue weighted by Crippen LogP contribution is -2.30. The number of esters is 3. The fourth-order valence-electron chi connectivity index (χ4n) is 9.81. The van der Waals surface area contributed by atoms with Crippen molar-refractivity contribution in [2.24, 2.45) is 0 Å². The van der Waals surface area contributed by atoms with Gasteiger partial charge in [-0.25, -0.2) is 0 Å². The predicted molar refractivity (Wildman–Crippen MR) is 357 cm³/mol. The molecular weight excluding hydrogens is 1010 g/mol. The summed E-state index contributed by atoms with van der Waals surface area (Å²) in [6.07, 6.45) is 95.4. The van der Waals surface area contributed by atoms with Crippen molar-refractivity contribution in [2.75, 3.05) is 13.2 Å². The molecule has 0 rings (SSSR count). The number of unbranched alkanes of at least 4 members (excludes halogenated alkanes) is 34. The molecule has 6 nitrogen and oxygen atoms in total. The average Bonchev–Trinajstić information content (AvgIpc) is 3.47. The Balaban J connectivity index is 4.19. The Bertz CT molecular complexity index is 1640. The molecule has 0 radical (unpaired) electrons. The van der Waals surface area contributed by atoms with Gasteiger partial charge in [-0.1, -0.05) is 316 Å². The van der Waals surface area contributed by atoms with Gasteiger partial charge in [0.1, 0.15) is 13.2 Å². The first-order chi connectivity index (χ1) is 40.5. The van der Waals surface area contributed by atoms with Crippen LogP contribution in [-0.2, 0) is 28.6 Å². The topological polar surface area (TPSA) is 78.9 Å². The van der Waals surface area contributed by atoms with Crippen molar-refractivity contribution in [3.63, 3.8) is 0 Å². The van der Waals surface area contributed by atoms with E-state index in [2.05, 4.69) is 130 Å². The highest BCUT2D eigenvalue weighted by atomic mass is 16.6. The van der Waals surface area contributed by atoms with Gasteiger partial charge in [-0.15, -0.1) is 0 Å². The number of carbonyl (C=O) groups is 3. The van der Waals surface area contributed by atoms with Crippen LogP contribution >= 0.6 is 0 Å². The zero-order valence-corrected chi connectivity index (χ0v) is 54.0. The highest BCUT2D eigenvalue weighted by molar-refractivity contribution is 5.71. The van der Waals surface area contributed by atoms with Crippen LogP contribution in [0.25, 0.3) is 0 Å². The summed E-state index contributed by atoms with van der Waals surface area (Å²) in [5, 5.41) is 0. The van der Waals surface area contributed by atoms with E-state index in [9.17, 15) is 14.4 Å². The maximum absolute atomic E-state index is 12.9. The molecular formula is C76H130O6. The number of hydrogen-bond donors (Lipinski definition) is 0. The standard InChI is InChI=1S/C76H130O6/c1-4-7-10-13-16-19-22-25-27-29-30-31-32-33-34-35-36-37-38-39-40-41-42-43-44-45-46-47-49-51-54-57-60-63-66-69-75(78)81-72-73(71-80-74(77)68-65-62-59-56-53-50-24-21-18-15-12-9-6-3)82-76(79)70-67-64-61-58-55-52-48-28-26-23-20-17-14-11-8-5-2/h7,10,16,19-20,23,25,27-28,30-31,33-34,36-37,39-40,48,73H,4-6,8-9,11-15,17-18,21-22,24,26,29,32,35,38,41-47,49-72H2,1-3H3/b10-7-,19-16-,23-20-,27-25-,31-30-,34-33-,37-36-,40-39-,48-28-. The summed E-state index contributed by atoms with van der Waals surface area (Å²) in [5.41, 5.74) is 0. The van der Waals surface area contributed by atoms with Crippen LogP contribution in [0.2, 0.25) is 0 Å². The first kappa shape index (κ1) is 78.1. The Labute approximate surface area is 508 Å². The molecule has 1 unspecified atom stereocenters. The third-order valence-corrected chi connectivity index (χ3v) is 15.0. The monoisotopic (exact) mass is 1140 g/mol. The van der Waals surface area contributed by atoms with Crippen LogP contribution in [0, 0.1) is 0 Å². The molecule has 0 aliphatic heterocycles. The predicted octanol–water partition coefficient (Wildman–Crippen LogP) is 24.2. The minimum Gasteiger partial charge on any atom is -0.462 e. The largest absolute Gasteiger partial charge is 0.462 e. The van der Waals surface area contributed by atoms with Gasteiger partial charge in [0.2, 0.25) is 0 Å². The highest BCUT2D eigenvalue weighted by Gasteiger charge is 2.19. The van der Waals surface area contributed by atoms with Crippen molar-refractivity contribution >= 4 is 17.9 Å². The third-order valence-electron chi connectivity index (χ3n) is 15.0. The van der Waals surface area contributed by atoms with Crippen molar-refractivity contribution < 1.29 is 28.6 Å². The summed E-state index contributed by atoms with van der Waals surface area (Å²) in [6.45, 7) is 6.53. The van der Waals surface area contributed by atoms with Crippen LogP contribution in [-0.4, -0.2) is 37.2 Å². The molecule has 82 heavy (non-hydrogen) atoms. The van der Waals surface area contributed by atoms with Crippen LogP contribution in [0.4, 0.5) is 0 Å². The number of rotatable bonds is 63. The number of ether oxygens (including phenoxy) is 3. The Morgan fingerprint density at radius 2 is 0.476 bits per heavy atom. The van der Waals surface area contributed by atoms with Crippen LogP contribution in [0.15, 0.2) is 109 Å². The molecule has 0 aromatic carbocycles. The van der Waals surface area contributed by atoms with Crippen molar-refractivity contribution in [1.82, 2.24) is 0 Å². The molecule has 470 valence electrons. The summed E-state index contributed by atoms with van der Waals surface area (Å²) in [5.74, 6) is -0.881. The van der Waals surface area contributed by atoms with Gasteiger partial charge in [0.15, 0.2) is 6.10 Å². The van der Waals surface area contributed by atoms with Crippen molar-refractivity contribution in [1.29, 1.82) is 0 Å². The van der Waals surface area contributed by atoms with Crippen LogP contribution in [0.1, 0.15) is 335 Å². The van der Waals surface area contributed by atoms with Gasteiger partial charge in [0.25, 0.3) is 0 Å². The van der Waals surface area contributed by atoms with Crippen LogP contribution < -0.4 is 0 Å². The Kier molecular flexibility index (Phi) is 66.2. The van der Waals surface area contributed by atoms with Gasteiger partial charge in [-0.05, 0) is 109 Å². The number of hydrogen-bond acceptors (Lipinski definition) is 6. The van der Waals surface area contributed by atoms with Crippen LogP contribution in [0.5, 0.6) is 0 Å². The molecule has 0 fully saturated rings. The molecule has 0 aliphatic carbocycles. The van der Waals surface area contributed by atoms with E-state index in [0.717, 1.165) is 128 Å². The molecule has 0 heterocycles. The number of allylic oxidation sites excluding steroid dienone is 18. The second kappa shape index (κ2) is 69.6. The van der Waals surface area contributed by atoms with E-state index in [1.807, 2.05) is 0 Å². The molecule has 0 spiro atoms. The van der Waals surface area contributed by atoms with Gasteiger partial charge in [0.05, 0.1) is 0 Å². The molecule has 1 atom stereocenters. The highest BCUT2D eigenvalue weighted by Crippen LogP contribution is 2.17. The molecule has 0 N–H and O–H groups in total. The van der Waals surface area contributed by atoms with E-state index in [0.29, 0.717) is 19.3 Å². The van der Waals surface area contributed by atoms with E-state index in [1.54, 1.807) is 0 Å². The molecule has 0 aliphatic rings. The fourth-order valence-corrected chi connectivity index (χ4v) is 9.81. The number of carbonyl (C=O) groups excluding carboxylic acids is 3. The zero-order valence-electron chi connectivity index (χ0n) is 54.0. The second-order valence-corrected chi connectivity index (χ2v) is 23.1. The van der Waals surface area contributed by atoms with Crippen molar-refractivity contribution in [3.8, 4) is 0 Å². The Morgan fingerprint density at radius 1 is 0.256 bits per heavy atom. The first-order valence-corrected chi connectivity index (χ1v) is 34.9. The van der Waals surface area contributed by atoms with E-state index >= 15 is 0 Å². The zero-order chi connectivity index (χ0) is 59.2. The first-order valence-electron chi connectivity index (χ1n) is 34.9. The van der Waals surface area contributed by atoms with E-state index in [1.165, 1.54) is 167 Å². The quantitative estimate of drug-likeness (QED) is 0.0261. The van der Waals surface area contributed by atoms with Crippen molar-refractivity contribution in [3.05, 3.63) is 109 Å². The summed E-state index contributed by atoms with van der Waals surface area (Å²) in [6, 6.07) is 0. The molecule has 0 bridgehead atoms. The molecule has 6 heteroatoms. The van der Waals surface area contributed by atoms with Gasteiger partial charge in [-0.3, -0.25) is 14.4 Å². The lowest BCUT2D eigenvalue weighted by Gasteiger charge is -2.18. The third kappa shape index (κ3) is 66.9. The maximum Gasteiger partial charge on any atom is 0.306 e. The van der Waals surface area contributed by atoms with Gasteiger partial charge >= 0.3 is 17.9 Å². The molecule has 0 aromatic rings. The fraction of sp³-hybridized carbons (Fsp3) is 0.724. The lowest BCUT2D eigenvalue weighted by atomic mass is 10.0. The van der Waals surface area contributed by atoms with Gasteiger partial charge in [-0.2, -0.15) is 0 Å². The van der Waals surface area contributed by atoms with Crippen molar-refractivity contribution in [2.45, 2.75) is 341 Å². The summed E-state index contributed by atoms with van der Waals surface area (Å²) >= 11 is 0. The van der Waals surface area contributed by atoms with E-state index in [-0.39, 0.29) is 31.1 Å². The molecule has 0 saturated heterocycles.